The lowest BCUT2D eigenvalue weighted by molar-refractivity contribution is 0.150. The summed E-state index contributed by atoms with van der Waals surface area (Å²) in [5.41, 5.74) is 4.05. The number of fused-ring (bicyclic) bond motifs is 1. The van der Waals surface area contributed by atoms with Crippen molar-refractivity contribution in [2.24, 2.45) is 0 Å². The lowest BCUT2D eigenvalue weighted by atomic mass is 10.2. The van der Waals surface area contributed by atoms with Gasteiger partial charge in [0.25, 0.3) is 0 Å². The van der Waals surface area contributed by atoms with Gasteiger partial charge >= 0.3 is 0 Å². The van der Waals surface area contributed by atoms with Crippen molar-refractivity contribution in [3.8, 4) is 0 Å². The van der Waals surface area contributed by atoms with Gasteiger partial charge in [-0.3, -0.25) is 9.88 Å². The summed E-state index contributed by atoms with van der Waals surface area (Å²) in [4.78, 5) is 11.5. The van der Waals surface area contributed by atoms with E-state index in [2.05, 4.69) is 34.2 Å². The number of aromatic nitrogens is 2. The molecule has 3 rings (SSSR count). The van der Waals surface area contributed by atoms with E-state index in [9.17, 15) is 0 Å². The minimum Gasteiger partial charge on any atom is -0.383 e. The van der Waals surface area contributed by atoms with Crippen molar-refractivity contribution in [1.29, 1.82) is 0 Å². The molecule has 0 atom stereocenters. The Hall–Kier alpha value is -2.56. The van der Waals surface area contributed by atoms with Crippen molar-refractivity contribution in [3.63, 3.8) is 0 Å². The van der Waals surface area contributed by atoms with Gasteiger partial charge < -0.3 is 4.74 Å². The van der Waals surface area contributed by atoms with Gasteiger partial charge in [-0.05, 0) is 17.7 Å². The van der Waals surface area contributed by atoms with E-state index in [1.807, 2.05) is 48.7 Å². The molecule has 0 unspecified atom stereocenters. The SMILES string of the molecule is COCCN(C/C=C/c1ccccc1)Cc1cnc2ccccc2n1. The fourth-order valence-corrected chi connectivity index (χ4v) is 2.66. The minimum absolute atomic E-state index is 0.695. The maximum atomic E-state index is 5.24. The fraction of sp³-hybridized carbons (Fsp3) is 0.238. The van der Waals surface area contributed by atoms with E-state index in [1.54, 1.807) is 7.11 Å². The van der Waals surface area contributed by atoms with Crippen LogP contribution in [-0.4, -0.2) is 41.7 Å². The third-order valence-corrected chi connectivity index (χ3v) is 3.97. The third-order valence-electron chi connectivity index (χ3n) is 3.97. The summed E-state index contributed by atoms with van der Waals surface area (Å²) in [5, 5.41) is 0. The van der Waals surface area contributed by atoms with Crippen molar-refractivity contribution < 1.29 is 4.74 Å². The van der Waals surface area contributed by atoms with Gasteiger partial charge in [0.1, 0.15) is 0 Å². The zero-order valence-electron chi connectivity index (χ0n) is 14.5. The van der Waals surface area contributed by atoms with Gasteiger partial charge in [0.2, 0.25) is 0 Å². The van der Waals surface area contributed by atoms with Crippen LogP contribution in [0.2, 0.25) is 0 Å². The quantitative estimate of drug-likeness (QED) is 0.628. The molecule has 4 nitrogen and oxygen atoms in total. The van der Waals surface area contributed by atoms with Gasteiger partial charge in [0.05, 0.1) is 29.5 Å². The Morgan fingerprint density at radius 3 is 2.56 bits per heavy atom. The Morgan fingerprint density at radius 1 is 1.00 bits per heavy atom. The van der Waals surface area contributed by atoms with Crippen LogP contribution < -0.4 is 0 Å². The molecule has 0 aliphatic heterocycles. The predicted octanol–water partition coefficient (Wildman–Crippen LogP) is 3.79. The van der Waals surface area contributed by atoms with E-state index in [0.29, 0.717) is 6.61 Å². The van der Waals surface area contributed by atoms with E-state index in [4.69, 9.17) is 9.72 Å². The molecule has 25 heavy (non-hydrogen) atoms. The van der Waals surface area contributed by atoms with Crippen LogP contribution in [0.4, 0.5) is 0 Å². The normalized spacial score (nSPS) is 11.6. The number of benzene rings is 2. The predicted molar refractivity (Wildman–Crippen MR) is 102 cm³/mol. The number of hydrogen-bond donors (Lipinski definition) is 0. The molecule has 2 aromatic carbocycles. The molecule has 4 heteroatoms. The standard InChI is InChI=1S/C21H23N3O/c1-25-15-14-24(13-7-10-18-8-3-2-4-9-18)17-19-16-22-20-11-5-6-12-21(20)23-19/h2-12,16H,13-15,17H2,1H3/b10-7+. The smallest absolute Gasteiger partial charge is 0.0890 e. The molecule has 0 radical (unpaired) electrons. The van der Waals surface area contributed by atoms with Crippen LogP contribution in [0.3, 0.4) is 0 Å². The zero-order chi connectivity index (χ0) is 17.3. The van der Waals surface area contributed by atoms with Crippen LogP contribution in [0.1, 0.15) is 11.3 Å². The Labute approximate surface area is 148 Å². The van der Waals surface area contributed by atoms with Crippen LogP contribution in [0.15, 0.2) is 66.9 Å². The lowest BCUT2D eigenvalue weighted by Gasteiger charge is -2.19. The van der Waals surface area contributed by atoms with Gasteiger partial charge in [-0.1, -0.05) is 54.6 Å². The molecular weight excluding hydrogens is 310 g/mol. The molecule has 1 heterocycles. The van der Waals surface area contributed by atoms with Gasteiger partial charge in [0.15, 0.2) is 0 Å². The Morgan fingerprint density at radius 2 is 1.76 bits per heavy atom. The van der Waals surface area contributed by atoms with E-state index in [1.165, 1.54) is 5.56 Å². The molecule has 0 spiro atoms. The molecule has 0 amide bonds. The molecule has 0 saturated heterocycles. The minimum atomic E-state index is 0.695. The van der Waals surface area contributed by atoms with E-state index >= 15 is 0 Å². The third kappa shape index (κ3) is 5.21. The molecule has 0 aliphatic carbocycles. The van der Waals surface area contributed by atoms with Gasteiger partial charge in [0, 0.05) is 26.7 Å². The average molecular weight is 333 g/mol. The summed E-state index contributed by atoms with van der Waals surface area (Å²) in [6, 6.07) is 18.3. The second kappa shape index (κ2) is 9.06. The van der Waals surface area contributed by atoms with Crippen molar-refractivity contribution in [2.45, 2.75) is 6.54 Å². The van der Waals surface area contributed by atoms with Gasteiger partial charge in [-0.2, -0.15) is 0 Å². The Balaban J connectivity index is 1.67. The van der Waals surface area contributed by atoms with Crippen molar-refractivity contribution >= 4 is 17.1 Å². The number of methoxy groups -OCH3 is 1. The van der Waals surface area contributed by atoms with Crippen molar-refractivity contribution in [2.75, 3.05) is 26.8 Å². The highest BCUT2D eigenvalue weighted by Crippen LogP contribution is 2.10. The number of hydrogen-bond acceptors (Lipinski definition) is 4. The van der Waals surface area contributed by atoms with Gasteiger partial charge in [-0.15, -0.1) is 0 Å². The Bertz CT molecular complexity index is 817. The molecule has 3 aromatic rings. The molecule has 0 fully saturated rings. The number of nitrogens with zero attached hydrogens (tertiary/aromatic N) is 3. The summed E-state index contributed by atoms with van der Waals surface area (Å²) >= 11 is 0. The number of rotatable bonds is 8. The molecule has 0 bridgehead atoms. The summed E-state index contributed by atoms with van der Waals surface area (Å²) in [5.74, 6) is 0. The highest BCUT2D eigenvalue weighted by molar-refractivity contribution is 5.73. The first-order valence-corrected chi connectivity index (χ1v) is 8.49. The summed E-state index contributed by atoms with van der Waals surface area (Å²) in [6.45, 7) is 3.14. The maximum Gasteiger partial charge on any atom is 0.0890 e. The first kappa shape index (κ1) is 17.3. The van der Waals surface area contributed by atoms with Crippen LogP contribution >= 0.6 is 0 Å². The van der Waals surface area contributed by atoms with Crippen molar-refractivity contribution in [3.05, 3.63) is 78.1 Å². The molecular formula is C21H23N3O. The number of para-hydroxylation sites is 2. The zero-order valence-corrected chi connectivity index (χ0v) is 14.5. The molecule has 1 aromatic heterocycles. The second-order valence-electron chi connectivity index (χ2n) is 5.89. The van der Waals surface area contributed by atoms with Crippen LogP contribution in [0.5, 0.6) is 0 Å². The van der Waals surface area contributed by atoms with Crippen LogP contribution in [-0.2, 0) is 11.3 Å². The molecule has 0 N–H and O–H groups in total. The Kier molecular flexibility index (Phi) is 6.26. The first-order chi connectivity index (χ1) is 12.3. The highest BCUT2D eigenvalue weighted by atomic mass is 16.5. The fourth-order valence-electron chi connectivity index (χ4n) is 2.66. The highest BCUT2D eigenvalue weighted by Gasteiger charge is 2.07. The summed E-state index contributed by atoms with van der Waals surface area (Å²) in [6.07, 6.45) is 6.19. The van der Waals surface area contributed by atoms with E-state index in [-0.39, 0.29) is 0 Å². The average Bonchev–Trinajstić information content (AvgIpc) is 2.66. The summed E-state index contributed by atoms with van der Waals surface area (Å²) in [7, 11) is 1.73. The molecule has 128 valence electrons. The molecule has 0 aliphatic rings. The van der Waals surface area contributed by atoms with Crippen LogP contribution in [0.25, 0.3) is 17.1 Å². The summed E-state index contributed by atoms with van der Waals surface area (Å²) < 4.78 is 5.24. The monoisotopic (exact) mass is 333 g/mol. The maximum absolute atomic E-state index is 5.24. The van der Waals surface area contributed by atoms with E-state index < -0.39 is 0 Å². The first-order valence-electron chi connectivity index (χ1n) is 8.49. The lowest BCUT2D eigenvalue weighted by Crippen LogP contribution is -2.27. The topological polar surface area (TPSA) is 38.2 Å². The van der Waals surface area contributed by atoms with Crippen molar-refractivity contribution in [1.82, 2.24) is 14.9 Å². The number of ether oxygens (including phenoxy) is 1. The largest absolute Gasteiger partial charge is 0.383 e. The van der Waals surface area contributed by atoms with Crippen LogP contribution in [0, 0.1) is 0 Å². The van der Waals surface area contributed by atoms with E-state index in [0.717, 1.165) is 36.4 Å². The second-order valence-corrected chi connectivity index (χ2v) is 5.89. The van der Waals surface area contributed by atoms with Gasteiger partial charge in [-0.25, -0.2) is 4.98 Å². The molecule has 0 saturated carbocycles.